The van der Waals surface area contributed by atoms with Gasteiger partial charge in [-0.1, -0.05) is 6.07 Å². The molecule has 1 N–H and O–H groups in total. The molecule has 0 amide bonds. The first-order valence-corrected chi connectivity index (χ1v) is 6.35. The molecule has 0 saturated carbocycles. The van der Waals surface area contributed by atoms with Crippen LogP contribution in [0.3, 0.4) is 0 Å². The number of nitrogens with one attached hydrogen (secondary N) is 1. The highest BCUT2D eigenvalue weighted by molar-refractivity contribution is 7.09. The molecule has 0 aliphatic carbocycles. The van der Waals surface area contributed by atoms with Gasteiger partial charge < -0.3 is 9.88 Å². The molecule has 0 aliphatic heterocycles. The number of hydrogen-bond donors (Lipinski definition) is 1. The third kappa shape index (κ3) is 2.51. The van der Waals surface area contributed by atoms with Crippen molar-refractivity contribution in [2.75, 3.05) is 7.05 Å². The average molecular weight is 235 g/mol. The Bertz CT molecular complexity index is 419. The van der Waals surface area contributed by atoms with E-state index >= 15 is 0 Å². The molecule has 3 nitrogen and oxygen atoms in total. The zero-order valence-corrected chi connectivity index (χ0v) is 10.5. The first-order chi connectivity index (χ1) is 7.81. The monoisotopic (exact) mass is 235 g/mol. The van der Waals surface area contributed by atoms with Crippen LogP contribution < -0.4 is 5.32 Å². The third-order valence-corrected chi connectivity index (χ3v) is 3.76. The molecule has 2 aromatic heterocycles. The van der Waals surface area contributed by atoms with Crippen molar-refractivity contribution in [1.82, 2.24) is 14.9 Å². The van der Waals surface area contributed by atoms with E-state index in [1.165, 1.54) is 10.6 Å². The fourth-order valence-corrected chi connectivity index (χ4v) is 2.61. The second kappa shape index (κ2) is 5.27. The first-order valence-electron chi connectivity index (χ1n) is 5.47. The smallest absolute Gasteiger partial charge is 0.0946 e. The van der Waals surface area contributed by atoms with Gasteiger partial charge in [0, 0.05) is 24.2 Å². The van der Waals surface area contributed by atoms with Crippen LogP contribution >= 0.6 is 11.3 Å². The predicted molar refractivity (Wildman–Crippen MR) is 67.6 cm³/mol. The fourth-order valence-electron chi connectivity index (χ4n) is 1.88. The van der Waals surface area contributed by atoms with Gasteiger partial charge in [-0.3, -0.25) is 0 Å². The van der Waals surface area contributed by atoms with Crippen molar-refractivity contribution in [3.8, 4) is 0 Å². The molecule has 2 rings (SSSR count). The highest BCUT2D eigenvalue weighted by Gasteiger charge is 2.12. The van der Waals surface area contributed by atoms with Gasteiger partial charge in [0.2, 0.25) is 0 Å². The van der Waals surface area contributed by atoms with Gasteiger partial charge in [-0.15, -0.1) is 11.3 Å². The average Bonchev–Trinajstić information content (AvgIpc) is 2.92. The van der Waals surface area contributed by atoms with Crippen LogP contribution in [0.25, 0.3) is 0 Å². The summed E-state index contributed by atoms with van der Waals surface area (Å²) in [6.07, 6.45) is 6.02. The van der Waals surface area contributed by atoms with Gasteiger partial charge in [-0.05, 0) is 31.3 Å². The minimum atomic E-state index is 0.384. The van der Waals surface area contributed by atoms with Crippen molar-refractivity contribution >= 4 is 11.3 Å². The molecule has 1 unspecified atom stereocenters. The highest BCUT2D eigenvalue weighted by Crippen LogP contribution is 2.20. The SMILES string of the molecule is CNC(CCc1cccs1)c1cncn1C. The summed E-state index contributed by atoms with van der Waals surface area (Å²) in [5.74, 6) is 0. The minimum absolute atomic E-state index is 0.384. The predicted octanol–water partition coefficient (Wildman–Crippen LogP) is 2.37. The first kappa shape index (κ1) is 11.4. The van der Waals surface area contributed by atoms with Gasteiger partial charge in [-0.25, -0.2) is 4.98 Å². The molecule has 0 aliphatic rings. The lowest BCUT2D eigenvalue weighted by Crippen LogP contribution is -2.19. The maximum atomic E-state index is 4.16. The van der Waals surface area contributed by atoms with Crippen molar-refractivity contribution in [3.63, 3.8) is 0 Å². The quantitative estimate of drug-likeness (QED) is 0.862. The molecule has 0 fully saturated rings. The Balaban J connectivity index is 1.99. The molecule has 0 bridgehead atoms. The van der Waals surface area contributed by atoms with E-state index in [-0.39, 0.29) is 0 Å². The summed E-state index contributed by atoms with van der Waals surface area (Å²) in [6, 6.07) is 4.69. The Labute approximate surface area is 100 Å². The van der Waals surface area contributed by atoms with Crippen LogP contribution in [0.15, 0.2) is 30.0 Å². The number of aryl methyl sites for hydroxylation is 2. The molecule has 2 heterocycles. The van der Waals surface area contributed by atoms with E-state index in [4.69, 9.17) is 0 Å². The second-order valence-electron chi connectivity index (χ2n) is 3.89. The summed E-state index contributed by atoms with van der Waals surface area (Å²) >= 11 is 1.83. The standard InChI is InChI=1S/C12H17N3S/c1-13-11(12-8-14-9-15(12)2)6-5-10-4-3-7-16-10/h3-4,7-9,11,13H,5-6H2,1-2H3. The van der Waals surface area contributed by atoms with E-state index in [0.717, 1.165) is 12.8 Å². The summed E-state index contributed by atoms with van der Waals surface area (Å²) in [4.78, 5) is 5.61. The van der Waals surface area contributed by atoms with E-state index in [2.05, 4.69) is 32.4 Å². The summed E-state index contributed by atoms with van der Waals surface area (Å²) in [6.45, 7) is 0. The Morgan fingerprint density at radius 3 is 3.00 bits per heavy atom. The normalized spacial score (nSPS) is 12.9. The maximum Gasteiger partial charge on any atom is 0.0946 e. The largest absolute Gasteiger partial charge is 0.336 e. The van der Waals surface area contributed by atoms with Gasteiger partial charge in [-0.2, -0.15) is 0 Å². The molecule has 4 heteroatoms. The van der Waals surface area contributed by atoms with E-state index in [0.29, 0.717) is 6.04 Å². The lowest BCUT2D eigenvalue weighted by Gasteiger charge is -2.16. The maximum absolute atomic E-state index is 4.16. The van der Waals surface area contributed by atoms with E-state index < -0.39 is 0 Å². The van der Waals surface area contributed by atoms with Crippen molar-refractivity contribution in [2.45, 2.75) is 18.9 Å². The van der Waals surface area contributed by atoms with Crippen LogP contribution in [-0.2, 0) is 13.5 Å². The summed E-state index contributed by atoms with van der Waals surface area (Å²) < 4.78 is 2.08. The van der Waals surface area contributed by atoms with Crippen molar-refractivity contribution in [2.24, 2.45) is 7.05 Å². The third-order valence-electron chi connectivity index (χ3n) is 2.82. The molecule has 16 heavy (non-hydrogen) atoms. The van der Waals surface area contributed by atoms with Gasteiger partial charge >= 0.3 is 0 Å². The number of aromatic nitrogens is 2. The number of imidazole rings is 1. The van der Waals surface area contributed by atoms with Gasteiger partial charge in [0.15, 0.2) is 0 Å². The van der Waals surface area contributed by atoms with Crippen LogP contribution in [0.2, 0.25) is 0 Å². The number of rotatable bonds is 5. The second-order valence-corrected chi connectivity index (χ2v) is 4.92. The summed E-state index contributed by atoms with van der Waals surface area (Å²) in [5.41, 5.74) is 1.25. The molecule has 2 aromatic rings. The van der Waals surface area contributed by atoms with Crippen molar-refractivity contribution < 1.29 is 0 Å². The Morgan fingerprint density at radius 1 is 1.56 bits per heavy atom. The molecule has 0 spiro atoms. The molecule has 86 valence electrons. The van der Waals surface area contributed by atoms with Gasteiger partial charge in [0.1, 0.15) is 0 Å². The van der Waals surface area contributed by atoms with E-state index in [9.17, 15) is 0 Å². The Hall–Kier alpha value is -1.13. The topological polar surface area (TPSA) is 29.9 Å². The molecule has 0 radical (unpaired) electrons. The van der Waals surface area contributed by atoms with Crippen LogP contribution in [0.1, 0.15) is 23.0 Å². The zero-order chi connectivity index (χ0) is 11.4. The van der Waals surface area contributed by atoms with Crippen molar-refractivity contribution in [3.05, 3.63) is 40.6 Å². The molecular formula is C12H17N3S. The van der Waals surface area contributed by atoms with Gasteiger partial charge in [0.05, 0.1) is 12.0 Å². The molecule has 1 atom stereocenters. The Kier molecular flexibility index (Phi) is 3.74. The Morgan fingerprint density at radius 2 is 2.44 bits per heavy atom. The minimum Gasteiger partial charge on any atom is -0.336 e. The van der Waals surface area contributed by atoms with E-state index in [1.807, 2.05) is 38.0 Å². The lowest BCUT2D eigenvalue weighted by molar-refractivity contribution is 0.521. The van der Waals surface area contributed by atoms with Gasteiger partial charge in [0.25, 0.3) is 0 Å². The highest BCUT2D eigenvalue weighted by atomic mass is 32.1. The summed E-state index contributed by atoms with van der Waals surface area (Å²) in [7, 11) is 4.05. The zero-order valence-electron chi connectivity index (χ0n) is 9.68. The van der Waals surface area contributed by atoms with Crippen LogP contribution in [0, 0.1) is 0 Å². The molecular weight excluding hydrogens is 218 g/mol. The van der Waals surface area contributed by atoms with Crippen LogP contribution in [0.4, 0.5) is 0 Å². The van der Waals surface area contributed by atoms with Crippen LogP contribution in [0.5, 0.6) is 0 Å². The van der Waals surface area contributed by atoms with Crippen LogP contribution in [-0.4, -0.2) is 16.6 Å². The lowest BCUT2D eigenvalue weighted by atomic mass is 10.1. The molecule has 0 aromatic carbocycles. The number of hydrogen-bond acceptors (Lipinski definition) is 3. The summed E-state index contributed by atoms with van der Waals surface area (Å²) in [5, 5.41) is 5.48. The van der Waals surface area contributed by atoms with E-state index in [1.54, 1.807) is 0 Å². The fraction of sp³-hybridized carbons (Fsp3) is 0.417. The number of nitrogens with zero attached hydrogens (tertiary/aromatic N) is 2. The van der Waals surface area contributed by atoms with Crippen molar-refractivity contribution in [1.29, 1.82) is 0 Å². The molecule has 0 saturated heterocycles. The number of thiophene rings is 1.